The lowest BCUT2D eigenvalue weighted by atomic mass is 10.0. The summed E-state index contributed by atoms with van der Waals surface area (Å²) in [5.74, 6) is 1.59. The van der Waals surface area contributed by atoms with E-state index < -0.39 is 0 Å². The lowest BCUT2D eigenvalue weighted by molar-refractivity contribution is 0.415. The van der Waals surface area contributed by atoms with Crippen LogP contribution in [0.4, 0.5) is 11.5 Å². The summed E-state index contributed by atoms with van der Waals surface area (Å²) in [7, 11) is 1.67. The van der Waals surface area contributed by atoms with Crippen LogP contribution in [0, 0.1) is 0 Å². The molecular formula is C25H25N3O. The van der Waals surface area contributed by atoms with Crippen LogP contribution in [0.25, 0.3) is 22.0 Å². The average molecular weight is 383 g/mol. The summed E-state index contributed by atoms with van der Waals surface area (Å²) < 4.78 is 5.26. The number of methoxy groups -OCH3 is 1. The fraction of sp³-hybridized carbons (Fsp3) is 0.200. The zero-order chi connectivity index (χ0) is 20.1. The Morgan fingerprint density at radius 3 is 2.24 bits per heavy atom. The van der Waals surface area contributed by atoms with Gasteiger partial charge in [-0.1, -0.05) is 49.7 Å². The Morgan fingerprint density at radius 2 is 1.55 bits per heavy atom. The molecule has 0 bridgehead atoms. The van der Waals surface area contributed by atoms with Crippen LogP contribution >= 0.6 is 0 Å². The molecule has 0 aliphatic heterocycles. The van der Waals surface area contributed by atoms with Crippen molar-refractivity contribution in [3.05, 3.63) is 78.4 Å². The SMILES string of the molecule is CCCCc1ccc(Nc2nnc(-c3ccc(OC)cc3)c3ccccc23)cc1. The normalized spacial score (nSPS) is 10.8. The number of aromatic nitrogens is 2. The number of ether oxygens (including phenoxy) is 1. The highest BCUT2D eigenvalue weighted by molar-refractivity contribution is 6.00. The van der Waals surface area contributed by atoms with Crippen molar-refractivity contribution in [3.63, 3.8) is 0 Å². The standard InChI is InChI=1S/C25H25N3O/c1-3-4-7-18-10-14-20(15-11-18)26-25-23-9-6-5-8-22(23)24(27-28-25)19-12-16-21(29-2)17-13-19/h5-6,8-17H,3-4,7H2,1-2H3,(H,26,28). The predicted octanol–water partition coefficient (Wildman–Crippen LogP) is 6.39. The summed E-state index contributed by atoms with van der Waals surface area (Å²) >= 11 is 0. The van der Waals surface area contributed by atoms with Gasteiger partial charge in [0.1, 0.15) is 11.4 Å². The number of hydrogen-bond acceptors (Lipinski definition) is 4. The second kappa shape index (κ2) is 8.74. The third kappa shape index (κ3) is 4.21. The molecule has 29 heavy (non-hydrogen) atoms. The number of nitrogens with zero attached hydrogens (tertiary/aromatic N) is 2. The van der Waals surface area contributed by atoms with Gasteiger partial charge < -0.3 is 10.1 Å². The van der Waals surface area contributed by atoms with Crippen molar-refractivity contribution in [2.24, 2.45) is 0 Å². The van der Waals surface area contributed by atoms with Crippen LogP contribution in [0.3, 0.4) is 0 Å². The van der Waals surface area contributed by atoms with Crippen molar-refractivity contribution in [2.75, 3.05) is 12.4 Å². The fourth-order valence-corrected chi connectivity index (χ4v) is 3.43. The highest BCUT2D eigenvalue weighted by Gasteiger charge is 2.11. The van der Waals surface area contributed by atoms with Crippen LogP contribution in [-0.4, -0.2) is 17.3 Å². The molecule has 146 valence electrons. The molecule has 4 nitrogen and oxygen atoms in total. The molecule has 0 fully saturated rings. The molecule has 0 atom stereocenters. The molecule has 1 aromatic heterocycles. The van der Waals surface area contributed by atoms with Crippen LogP contribution in [0.1, 0.15) is 25.3 Å². The summed E-state index contributed by atoms with van der Waals surface area (Å²) in [6, 6.07) is 24.7. The van der Waals surface area contributed by atoms with E-state index in [2.05, 4.69) is 58.8 Å². The molecule has 0 aliphatic rings. The summed E-state index contributed by atoms with van der Waals surface area (Å²) in [6.07, 6.45) is 3.55. The zero-order valence-corrected chi connectivity index (χ0v) is 16.9. The number of rotatable bonds is 7. The second-order valence-electron chi connectivity index (χ2n) is 7.10. The van der Waals surface area contributed by atoms with Gasteiger partial charge in [-0.05, 0) is 54.8 Å². The number of anilines is 2. The Morgan fingerprint density at radius 1 is 0.828 bits per heavy atom. The van der Waals surface area contributed by atoms with E-state index in [1.165, 1.54) is 18.4 Å². The van der Waals surface area contributed by atoms with Crippen molar-refractivity contribution in [1.82, 2.24) is 10.2 Å². The van der Waals surface area contributed by atoms with Gasteiger partial charge in [-0.25, -0.2) is 0 Å². The van der Waals surface area contributed by atoms with Crippen LogP contribution < -0.4 is 10.1 Å². The molecule has 1 N–H and O–H groups in total. The minimum absolute atomic E-state index is 0.763. The van der Waals surface area contributed by atoms with Crippen LogP contribution in [0.15, 0.2) is 72.8 Å². The number of nitrogens with one attached hydrogen (secondary N) is 1. The largest absolute Gasteiger partial charge is 0.497 e. The first kappa shape index (κ1) is 18.9. The molecule has 0 spiro atoms. The monoisotopic (exact) mass is 383 g/mol. The molecule has 1 heterocycles. The molecule has 0 saturated carbocycles. The van der Waals surface area contributed by atoms with Crippen LogP contribution in [0.5, 0.6) is 5.75 Å². The molecule has 3 aromatic carbocycles. The Bertz CT molecular complexity index is 1090. The maximum Gasteiger partial charge on any atom is 0.161 e. The summed E-state index contributed by atoms with van der Waals surface area (Å²) in [4.78, 5) is 0. The third-order valence-electron chi connectivity index (χ3n) is 5.09. The molecule has 4 aromatic rings. The van der Waals surface area contributed by atoms with Crippen molar-refractivity contribution in [1.29, 1.82) is 0 Å². The summed E-state index contributed by atoms with van der Waals surface area (Å²) in [6.45, 7) is 2.22. The smallest absolute Gasteiger partial charge is 0.161 e. The lowest BCUT2D eigenvalue weighted by Gasteiger charge is -2.12. The fourth-order valence-electron chi connectivity index (χ4n) is 3.43. The minimum atomic E-state index is 0.763. The maximum atomic E-state index is 5.26. The molecule has 0 saturated heterocycles. The first-order valence-electron chi connectivity index (χ1n) is 10.0. The number of fused-ring (bicyclic) bond motifs is 1. The summed E-state index contributed by atoms with van der Waals surface area (Å²) in [5.41, 5.74) is 4.26. The van der Waals surface area contributed by atoms with Gasteiger partial charge in [-0.15, -0.1) is 10.2 Å². The van der Waals surface area contributed by atoms with E-state index in [0.717, 1.165) is 45.7 Å². The van der Waals surface area contributed by atoms with Crippen molar-refractivity contribution < 1.29 is 4.74 Å². The zero-order valence-electron chi connectivity index (χ0n) is 16.9. The van der Waals surface area contributed by atoms with Crippen molar-refractivity contribution in [3.8, 4) is 17.0 Å². The van der Waals surface area contributed by atoms with Crippen LogP contribution in [0.2, 0.25) is 0 Å². The number of hydrogen-bond donors (Lipinski definition) is 1. The van der Waals surface area contributed by atoms with Gasteiger partial charge in [0, 0.05) is 22.0 Å². The lowest BCUT2D eigenvalue weighted by Crippen LogP contribution is -1.99. The van der Waals surface area contributed by atoms with Crippen LogP contribution in [-0.2, 0) is 6.42 Å². The van der Waals surface area contributed by atoms with E-state index in [9.17, 15) is 0 Å². The Kier molecular flexibility index (Phi) is 5.71. The third-order valence-corrected chi connectivity index (χ3v) is 5.09. The van der Waals surface area contributed by atoms with Crippen molar-refractivity contribution in [2.45, 2.75) is 26.2 Å². The van der Waals surface area contributed by atoms with Gasteiger partial charge in [0.15, 0.2) is 5.82 Å². The Labute approximate surface area is 171 Å². The highest BCUT2D eigenvalue weighted by Crippen LogP contribution is 2.31. The topological polar surface area (TPSA) is 47.0 Å². The average Bonchev–Trinajstić information content (AvgIpc) is 2.79. The van der Waals surface area contributed by atoms with Crippen molar-refractivity contribution >= 4 is 22.3 Å². The Hall–Kier alpha value is -3.40. The number of benzene rings is 3. The summed E-state index contributed by atoms with van der Waals surface area (Å²) in [5, 5.41) is 14.6. The van der Waals surface area contributed by atoms with Gasteiger partial charge in [0.25, 0.3) is 0 Å². The van der Waals surface area contributed by atoms with E-state index in [0.29, 0.717) is 0 Å². The quantitative estimate of drug-likeness (QED) is 0.401. The number of aryl methyl sites for hydroxylation is 1. The predicted molar refractivity (Wildman–Crippen MR) is 120 cm³/mol. The molecule has 4 rings (SSSR count). The molecular weight excluding hydrogens is 358 g/mol. The molecule has 4 heteroatoms. The van der Waals surface area contributed by atoms with Gasteiger partial charge in [-0.2, -0.15) is 0 Å². The van der Waals surface area contributed by atoms with E-state index in [1.54, 1.807) is 7.11 Å². The molecule has 0 radical (unpaired) electrons. The number of unbranched alkanes of at least 4 members (excludes halogenated alkanes) is 1. The van der Waals surface area contributed by atoms with E-state index in [-0.39, 0.29) is 0 Å². The highest BCUT2D eigenvalue weighted by atomic mass is 16.5. The second-order valence-corrected chi connectivity index (χ2v) is 7.10. The van der Waals surface area contributed by atoms with Gasteiger partial charge >= 0.3 is 0 Å². The molecule has 0 aliphatic carbocycles. The first-order valence-corrected chi connectivity index (χ1v) is 10.0. The minimum Gasteiger partial charge on any atom is -0.497 e. The first-order chi connectivity index (χ1) is 14.3. The van der Waals surface area contributed by atoms with Gasteiger partial charge in [0.05, 0.1) is 7.11 Å². The molecule has 0 unspecified atom stereocenters. The Balaban J connectivity index is 1.66. The van der Waals surface area contributed by atoms with E-state index in [4.69, 9.17) is 4.74 Å². The van der Waals surface area contributed by atoms with Gasteiger partial charge in [-0.3, -0.25) is 0 Å². The van der Waals surface area contributed by atoms with E-state index >= 15 is 0 Å². The van der Waals surface area contributed by atoms with E-state index in [1.807, 2.05) is 36.4 Å². The maximum absolute atomic E-state index is 5.26. The van der Waals surface area contributed by atoms with Gasteiger partial charge in [0.2, 0.25) is 0 Å². The molecule has 0 amide bonds.